The number of esters is 1. The van der Waals surface area contributed by atoms with Gasteiger partial charge in [0.15, 0.2) is 0 Å². The number of hydrogen-bond donors (Lipinski definition) is 1. The molecule has 0 unspecified atom stereocenters. The molecule has 2 rings (SSSR count). The zero-order valence-corrected chi connectivity index (χ0v) is 11.3. The van der Waals surface area contributed by atoms with Crippen LogP contribution < -0.4 is 10.6 Å². The van der Waals surface area contributed by atoms with Gasteiger partial charge in [-0.05, 0) is 37.5 Å². The third-order valence-electron chi connectivity index (χ3n) is 3.25. The van der Waals surface area contributed by atoms with Crippen LogP contribution in [0.2, 0.25) is 0 Å². The van der Waals surface area contributed by atoms with E-state index in [0.717, 1.165) is 25.1 Å². The minimum absolute atomic E-state index is 0.285. The first-order chi connectivity index (χ1) is 9.22. The Balaban J connectivity index is 2.04. The van der Waals surface area contributed by atoms with Gasteiger partial charge in [-0.15, -0.1) is 0 Å². The first-order valence-electron chi connectivity index (χ1n) is 6.68. The van der Waals surface area contributed by atoms with Gasteiger partial charge in [-0.3, -0.25) is 0 Å². The lowest BCUT2D eigenvalue weighted by Gasteiger charge is -2.31. The van der Waals surface area contributed by atoms with Crippen LogP contribution in [0.1, 0.15) is 18.9 Å². The molecule has 4 nitrogen and oxygen atoms in total. The molecular formula is C15H20N2O2. The lowest BCUT2D eigenvalue weighted by Crippen LogP contribution is -2.30. The highest BCUT2D eigenvalue weighted by atomic mass is 16.5. The van der Waals surface area contributed by atoms with E-state index >= 15 is 0 Å². The van der Waals surface area contributed by atoms with Crippen LogP contribution in [-0.4, -0.2) is 25.7 Å². The lowest BCUT2D eigenvalue weighted by atomic mass is 10.00. The number of hydrogen-bond acceptors (Lipinski definition) is 4. The number of nitrogens with zero attached hydrogens (tertiary/aromatic N) is 1. The minimum atomic E-state index is -0.285. The predicted molar refractivity (Wildman–Crippen MR) is 77.2 cm³/mol. The quantitative estimate of drug-likeness (QED) is 0.512. The van der Waals surface area contributed by atoms with Crippen molar-refractivity contribution in [3.05, 3.63) is 35.9 Å². The van der Waals surface area contributed by atoms with E-state index in [2.05, 4.69) is 11.0 Å². The Bertz CT molecular complexity index is 483. The maximum Gasteiger partial charge on any atom is 0.330 e. The van der Waals surface area contributed by atoms with Crippen molar-refractivity contribution in [1.82, 2.24) is 0 Å². The summed E-state index contributed by atoms with van der Waals surface area (Å²) in [7, 11) is 0. The Morgan fingerprint density at radius 3 is 3.16 bits per heavy atom. The molecule has 1 aromatic rings. The zero-order valence-electron chi connectivity index (χ0n) is 11.3. The molecule has 0 saturated carbocycles. The molecule has 1 aromatic carbocycles. The maximum atomic E-state index is 11.2. The highest BCUT2D eigenvalue weighted by molar-refractivity contribution is 5.82. The molecule has 0 spiro atoms. The van der Waals surface area contributed by atoms with E-state index in [0.29, 0.717) is 13.2 Å². The van der Waals surface area contributed by atoms with Crippen molar-refractivity contribution in [2.24, 2.45) is 0 Å². The van der Waals surface area contributed by atoms with E-state index in [1.807, 2.05) is 18.2 Å². The number of fused-ring (bicyclic) bond motifs is 1. The van der Waals surface area contributed by atoms with Gasteiger partial charge in [-0.1, -0.05) is 12.1 Å². The molecule has 102 valence electrons. The second kappa shape index (κ2) is 6.27. The summed E-state index contributed by atoms with van der Waals surface area (Å²) in [5.74, 6) is -0.285. The van der Waals surface area contributed by atoms with Gasteiger partial charge in [0.2, 0.25) is 0 Å². The molecule has 0 saturated heterocycles. The first-order valence-corrected chi connectivity index (χ1v) is 6.68. The van der Waals surface area contributed by atoms with Crippen LogP contribution in [0, 0.1) is 0 Å². The molecule has 1 aliphatic rings. The van der Waals surface area contributed by atoms with E-state index < -0.39 is 0 Å². The largest absolute Gasteiger partial charge is 0.463 e. The molecule has 0 amide bonds. The van der Waals surface area contributed by atoms with Gasteiger partial charge in [0.25, 0.3) is 0 Å². The van der Waals surface area contributed by atoms with Crippen molar-refractivity contribution in [1.29, 1.82) is 0 Å². The van der Waals surface area contributed by atoms with Gasteiger partial charge in [-0.2, -0.15) is 0 Å². The molecule has 2 N–H and O–H groups in total. The van der Waals surface area contributed by atoms with E-state index in [4.69, 9.17) is 10.5 Å². The molecule has 1 aliphatic heterocycles. The van der Waals surface area contributed by atoms with Crippen LogP contribution in [-0.2, 0) is 16.0 Å². The van der Waals surface area contributed by atoms with Crippen molar-refractivity contribution in [3.8, 4) is 0 Å². The van der Waals surface area contributed by atoms with E-state index in [1.54, 1.807) is 6.92 Å². The average molecular weight is 260 g/mol. The van der Waals surface area contributed by atoms with E-state index in [-0.39, 0.29) is 5.97 Å². The third-order valence-corrected chi connectivity index (χ3v) is 3.25. The number of ether oxygens (including phenoxy) is 1. The van der Waals surface area contributed by atoms with Gasteiger partial charge in [0.1, 0.15) is 0 Å². The number of anilines is 2. The highest BCUT2D eigenvalue weighted by Gasteiger charge is 2.17. The molecule has 0 atom stereocenters. The van der Waals surface area contributed by atoms with Gasteiger partial charge < -0.3 is 15.4 Å². The smallest absolute Gasteiger partial charge is 0.330 e. The van der Waals surface area contributed by atoms with Crippen LogP contribution in [0.25, 0.3) is 0 Å². The molecule has 0 aromatic heterocycles. The SMILES string of the molecule is CCOC(=O)/C=C/CN1CCCc2c(N)cccc21. The number of rotatable bonds is 4. The average Bonchev–Trinajstić information content (AvgIpc) is 2.40. The Morgan fingerprint density at radius 2 is 2.37 bits per heavy atom. The van der Waals surface area contributed by atoms with Crippen molar-refractivity contribution in [2.45, 2.75) is 19.8 Å². The maximum absolute atomic E-state index is 11.2. The van der Waals surface area contributed by atoms with Crippen LogP contribution in [0.15, 0.2) is 30.4 Å². The monoisotopic (exact) mass is 260 g/mol. The summed E-state index contributed by atoms with van der Waals surface area (Å²) in [5.41, 5.74) is 9.26. The molecule has 1 heterocycles. The third kappa shape index (κ3) is 3.28. The van der Waals surface area contributed by atoms with Crippen molar-refractivity contribution < 1.29 is 9.53 Å². The fourth-order valence-electron chi connectivity index (χ4n) is 2.38. The standard InChI is InChI=1S/C15H20N2O2/c1-2-19-15(18)9-5-11-17-10-4-6-12-13(16)7-3-8-14(12)17/h3,5,7-9H,2,4,6,10-11,16H2,1H3/b9-5+. The number of carbonyl (C=O) groups excluding carboxylic acids is 1. The summed E-state index contributed by atoms with van der Waals surface area (Å²) >= 11 is 0. The number of benzene rings is 1. The van der Waals surface area contributed by atoms with Crippen molar-refractivity contribution in [3.63, 3.8) is 0 Å². The number of carbonyl (C=O) groups is 1. The van der Waals surface area contributed by atoms with Crippen LogP contribution in [0.5, 0.6) is 0 Å². The molecule has 0 aliphatic carbocycles. The lowest BCUT2D eigenvalue weighted by molar-refractivity contribution is -0.137. The van der Waals surface area contributed by atoms with Gasteiger partial charge in [0, 0.05) is 30.5 Å². The van der Waals surface area contributed by atoms with Crippen molar-refractivity contribution in [2.75, 3.05) is 30.3 Å². The summed E-state index contributed by atoms with van der Waals surface area (Å²) in [6.07, 6.45) is 5.45. The van der Waals surface area contributed by atoms with Gasteiger partial charge in [0.05, 0.1) is 6.61 Å². The summed E-state index contributed by atoms with van der Waals surface area (Å²) in [4.78, 5) is 13.5. The second-order valence-electron chi connectivity index (χ2n) is 4.55. The van der Waals surface area contributed by atoms with Crippen molar-refractivity contribution >= 4 is 17.3 Å². The summed E-state index contributed by atoms with van der Waals surface area (Å²) in [6.45, 7) is 3.90. The Hall–Kier alpha value is -1.97. The number of nitrogen functional groups attached to an aromatic ring is 1. The Kier molecular flexibility index (Phi) is 4.44. The highest BCUT2D eigenvalue weighted by Crippen LogP contribution is 2.30. The fourth-order valence-corrected chi connectivity index (χ4v) is 2.38. The van der Waals surface area contributed by atoms with E-state index in [1.165, 1.54) is 17.3 Å². The number of nitrogens with two attached hydrogens (primary N) is 1. The summed E-state index contributed by atoms with van der Waals surface area (Å²) in [5, 5.41) is 0. The molecule has 0 fully saturated rings. The Labute approximate surface area is 113 Å². The fraction of sp³-hybridized carbons (Fsp3) is 0.400. The van der Waals surface area contributed by atoms with Crippen LogP contribution >= 0.6 is 0 Å². The van der Waals surface area contributed by atoms with Crippen LogP contribution in [0.4, 0.5) is 11.4 Å². The summed E-state index contributed by atoms with van der Waals surface area (Å²) in [6, 6.07) is 6.00. The molecule has 0 bridgehead atoms. The Morgan fingerprint density at radius 1 is 1.53 bits per heavy atom. The second-order valence-corrected chi connectivity index (χ2v) is 4.55. The van der Waals surface area contributed by atoms with E-state index in [9.17, 15) is 4.79 Å². The first kappa shape index (κ1) is 13.5. The molecule has 19 heavy (non-hydrogen) atoms. The van der Waals surface area contributed by atoms with Gasteiger partial charge >= 0.3 is 5.97 Å². The summed E-state index contributed by atoms with van der Waals surface area (Å²) < 4.78 is 4.86. The topological polar surface area (TPSA) is 55.6 Å². The molecule has 4 heteroatoms. The minimum Gasteiger partial charge on any atom is -0.463 e. The zero-order chi connectivity index (χ0) is 13.7. The predicted octanol–water partition coefficient (Wildman–Crippen LogP) is 2.14. The molecule has 0 radical (unpaired) electrons. The molecular weight excluding hydrogens is 240 g/mol. The normalized spacial score (nSPS) is 14.5. The van der Waals surface area contributed by atoms with Crippen LogP contribution in [0.3, 0.4) is 0 Å². The van der Waals surface area contributed by atoms with Gasteiger partial charge in [-0.25, -0.2) is 4.79 Å².